The molecule has 1 fully saturated rings. The number of thiophene rings is 1. The molecule has 0 unspecified atom stereocenters. The van der Waals surface area contributed by atoms with E-state index in [9.17, 15) is 14.4 Å². The van der Waals surface area contributed by atoms with E-state index in [1.165, 1.54) is 11.3 Å². The molecule has 164 valence electrons. The van der Waals surface area contributed by atoms with Gasteiger partial charge in [-0.15, -0.1) is 11.3 Å². The van der Waals surface area contributed by atoms with Crippen LogP contribution in [-0.4, -0.2) is 35.7 Å². The lowest BCUT2D eigenvalue weighted by atomic mass is 9.95. The molecule has 2 heterocycles. The summed E-state index contributed by atoms with van der Waals surface area (Å²) in [5, 5.41) is 7.73. The lowest BCUT2D eigenvalue weighted by molar-refractivity contribution is -0.121. The summed E-state index contributed by atoms with van der Waals surface area (Å²) >= 11 is 1.43. The fourth-order valence-electron chi connectivity index (χ4n) is 3.80. The molecule has 0 radical (unpaired) electrons. The van der Waals surface area contributed by atoms with Crippen LogP contribution in [0.1, 0.15) is 38.4 Å². The average molecular weight is 448 g/mol. The van der Waals surface area contributed by atoms with E-state index in [2.05, 4.69) is 10.6 Å². The van der Waals surface area contributed by atoms with Crippen molar-refractivity contribution in [1.29, 1.82) is 0 Å². The number of piperidine rings is 1. The summed E-state index contributed by atoms with van der Waals surface area (Å²) in [4.78, 5) is 40.6. The first-order chi connectivity index (χ1) is 15.6. The SMILES string of the molecule is O=C(NCc1ccccc1)c1ccccc1NC(=O)C1CCN(C(=O)c2cccs2)CC1. The molecule has 3 aromatic rings. The van der Waals surface area contributed by atoms with Gasteiger partial charge in [0.25, 0.3) is 11.8 Å². The summed E-state index contributed by atoms with van der Waals surface area (Å²) in [6.45, 7) is 1.51. The zero-order valence-electron chi connectivity index (χ0n) is 17.6. The Labute approximate surface area is 191 Å². The molecular formula is C25H25N3O3S. The number of rotatable bonds is 6. The molecule has 1 saturated heterocycles. The number of nitrogens with one attached hydrogen (secondary N) is 2. The summed E-state index contributed by atoms with van der Waals surface area (Å²) in [5.41, 5.74) is 1.94. The highest BCUT2D eigenvalue weighted by molar-refractivity contribution is 7.12. The van der Waals surface area contributed by atoms with Gasteiger partial charge in [-0.2, -0.15) is 0 Å². The molecule has 0 spiro atoms. The molecule has 0 bridgehead atoms. The van der Waals surface area contributed by atoms with Crippen molar-refractivity contribution in [2.75, 3.05) is 18.4 Å². The van der Waals surface area contributed by atoms with Gasteiger partial charge in [0.15, 0.2) is 0 Å². The van der Waals surface area contributed by atoms with Crippen molar-refractivity contribution in [2.24, 2.45) is 5.92 Å². The summed E-state index contributed by atoms with van der Waals surface area (Å²) in [6, 6.07) is 20.4. The van der Waals surface area contributed by atoms with E-state index in [1.54, 1.807) is 29.2 Å². The fraction of sp³-hybridized carbons (Fsp3) is 0.240. The molecule has 2 N–H and O–H groups in total. The highest BCUT2D eigenvalue weighted by atomic mass is 32.1. The highest BCUT2D eigenvalue weighted by Crippen LogP contribution is 2.23. The van der Waals surface area contributed by atoms with Crippen LogP contribution in [0, 0.1) is 5.92 Å². The van der Waals surface area contributed by atoms with Crippen LogP contribution in [0.25, 0.3) is 0 Å². The number of amides is 3. The van der Waals surface area contributed by atoms with E-state index in [0.29, 0.717) is 43.7 Å². The Balaban J connectivity index is 1.34. The van der Waals surface area contributed by atoms with Crippen LogP contribution >= 0.6 is 11.3 Å². The van der Waals surface area contributed by atoms with Crippen LogP contribution in [0.4, 0.5) is 5.69 Å². The summed E-state index contributed by atoms with van der Waals surface area (Å²) < 4.78 is 0. The number of carbonyl (C=O) groups excluding carboxylic acids is 3. The zero-order chi connectivity index (χ0) is 22.3. The summed E-state index contributed by atoms with van der Waals surface area (Å²) in [7, 11) is 0. The summed E-state index contributed by atoms with van der Waals surface area (Å²) in [6.07, 6.45) is 1.20. The highest BCUT2D eigenvalue weighted by Gasteiger charge is 2.28. The van der Waals surface area contributed by atoms with Crippen molar-refractivity contribution in [3.05, 3.63) is 88.1 Å². The molecule has 3 amide bonds. The molecule has 6 nitrogen and oxygen atoms in total. The molecule has 0 saturated carbocycles. The monoisotopic (exact) mass is 447 g/mol. The Morgan fingerprint density at radius 2 is 1.62 bits per heavy atom. The number of hydrogen-bond acceptors (Lipinski definition) is 4. The first-order valence-electron chi connectivity index (χ1n) is 10.7. The van der Waals surface area contributed by atoms with Crippen LogP contribution < -0.4 is 10.6 Å². The van der Waals surface area contributed by atoms with Crippen molar-refractivity contribution >= 4 is 34.7 Å². The minimum atomic E-state index is -0.235. The van der Waals surface area contributed by atoms with Gasteiger partial charge in [0.05, 0.1) is 16.1 Å². The second-order valence-electron chi connectivity index (χ2n) is 7.75. The van der Waals surface area contributed by atoms with Crippen molar-refractivity contribution in [2.45, 2.75) is 19.4 Å². The maximum Gasteiger partial charge on any atom is 0.263 e. The predicted molar refractivity (Wildman–Crippen MR) is 126 cm³/mol. The number of hydrogen-bond donors (Lipinski definition) is 2. The molecular weight excluding hydrogens is 422 g/mol. The number of para-hydroxylation sites is 1. The van der Waals surface area contributed by atoms with Crippen molar-refractivity contribution in [3.63, 3.8) is 0 Å². The third-order valence-corrected chi connectivity index (χ3v) is 6.47. The molecule has 1 aliphatic heterocycles. The maximum absolute atomic E-state index is 12.9. The van der Waals surface area contributed by atoms with Crippen molar-refractivity contribution in [3.8, 4) is 0 Å². The van der Waals surface area contributed by atoms with Gasteiger partial charge >= 0.3 is 0 Å². The average Bonchev–Trinajstić information content (AvgIpc) is 3.38. The normalized spacial score (nSPS) is 14.1. The molecule has 0 atom stereocenters. The van der Waals surface area contributed by atoms with Crippen LogP contribution in [-0.2, 0) is 11.3 Å². The van der Waals surface area contributed by atoms with Crippen molar-refractivity contribution in [1.82, 2.24) is 10.2 Å². The van der Waals surface area contributed by atoms with Gasteiger partial charge in [-0.1, -0.05) is 48.5 Å². The number of nitrogens with zero attached hydrogens (tertiary/aromatic N) is 1. The third-order valence-electron chi connectivity index (χ3n) is 5.61. The van der Waals surface area contributed by atoms with E-state index in [-0.39, 0.29) is 23.6 Å². The van der Waals surface area contributed by atoms with Crippen LogP contribution in [0.5, 0.6) is 0 Å². The predicted octanol–water partition coefficient (Wildman–Crippen LogP) is 4.17. The first kappa shape index (κ1) is 21.8. The summed E-state index contributed by atoms with van der Waals surface area (Å²) in [5.74, 6) is -0.514. The Bertz CT molecular complexity index is 1070. The quantitative estimate of drug-likeness (QED) is 0.595. The number of carbonyl (C=O) groups is 3. The Morgan fingerprint density at radius 3 is 2.34 bits per heavy atom. The van der Waals surface area contributed by atoms with Gasteiger partial charge in [-0.3, -0.25) is 14.4 Å². The minimum absolute atomic E-state index is 0.0271. The largest absolute Gasteiger partial charge is 0.348 e. The Morgan fingerprint density at radius 1 is 0.906 bits per heavy atom. The van der Waals surface area contributed by atoms with Gasteiger partial charge in [-0.05, 0) is 42.0 Å². The van der Waals surface area contributed by atoms with E-state index in [0.717, 1.165) is 10.4 Å². The van der Waals surface area contributed by atoms with E-state index in [1.807, 2.05) is 47.8 Å². The minimum Gasteiger partial charge on any atom is -0.348 e. The van der Waals surface area contributed by atoms with Gasteiger partial charge < -0.3 is 15.5 Å². The topological polar surface area (TPSA) is 78.5 Å². The lowest BCUT2D eigenvalue weighted by Crippen LogP contribution is -2.41. The van der Waals surface area contributed by atoms with Crippen LogP contribution in [0.3, 0.4) is 0 Å². The number of benzene rings is 2. The number of likely N-dealkylation sites (tertiary alicyclic amines) is 1. The van der Waals surface area contributed by atoms with Crippen LogP contribution in [0.15, 0.2) is 72.1 Å². The number of anilines is 1. The fourth-order valence-corrected chi connectivity index (χ4v) is 4.49. The molecule has 1 aliphatic rings. The van der Waals surface area contributed by atoms with Crippen molar-refractivity contribution < 1.29 is 14.4 Å². The van der Waals surface area contributed by atoms with E-state index < -0.39 is 0 Å². The molecule has 0 aliphatic carbocycles. The molecule has 2 aromatic carbocycles. The van der Waals surface area contributed by atoms with E-state index in [4.69, 9.17) is 0 Å². The van der Waals surface area contributed by atoms with Gasteiger partial charge in [-0.25, -0.2) is 0 Å². The second-order valence-corrected chi connectivity index (χ2v) is 8.69. The Hall–Kier alpha value is -3.45. The molecule has 1 aromatic heterocycles. The molecule has 32 heavy (non-hydrogen) atoms. The van der Waals surface area contributed by atoms with Gasteiger partial charge in [0.2, 0.25) is 5.91 Å². The van der Waals surface area contributed by atoms with Crippen LogP contribution in [0.2, 0.25) is 0 Å². The van der Waals surface area contributed by atoms with Gasteiger partial charge in [0.1, 0.15) is 0 Å². The standard InChI is InChI=1S/C25H25N3O3S/c29-23(19-12-14-28(15-13-19)25(31)22-11-6-16-32-22)27-21-10-5-4-9-20(21)24(30)26-17-18-7-2-1-3-8-18/h1-11,16,19H,12-15,17H2,(H,26,30)(H,27,29). The zero-order valence-corrected chi connectivity index (χ0v) is 18.4. The lowest BCUT2D eigenvalue weighted by Gasteiger charge is -2.31. The third kappa shape index (κ3) is 5.23. The first-order valence-corrected chi connectivity index (χ1v) is 11.5. The van der Waals surface area contributed by atoms with E-state index >= 15 is 0 Å². The molecule has 7 heteroatoms. The smallest absolute Gasteiger partial charge is 0.263 e. The Kier molecular flexibility index (Phi) is 6.97. The molecule has 4 rings (SSSR count). The maximum atomic E-state index is 12.9. The second kappa shape index (κ2) is 10.2. The van der Waals surface area contributed by atoms with Gasteiger partial charge in [0, 0.05) is 25.6 Å².